The van der Waals surface area contributed by atoms with E-state index in [4.69, 9.17) is 24.2 Å². The van der Waals surface area contributed by atoms with Gasteiger partial charge < -0.3 is 23.7 Å². The normalized spacial score (nSPS) is 18.1. The molecule has 4 aromatic rings. The molecule has 10 nitrogen and oxygen atoms in total. The number of hydrogen-bond acceptors (Lipinski definition) is 7. The molecular formula is C26H28N6O4. The lowest BCUT2D eigenvalue weighted by Crippen LogP contribution is -2.40. The summed E-state index contributed by atoms with van der Waals surface area (Å²) in [5, 5.41) is 4.30. The van der Waals surface area contributed by atoms with E-state index in [1.54, 1.807) is 10.9 Å². The lowest BCUT2D eigenvalue weighted by Gasteiger charge is -2.26. The first-order chi connectivity index (χ1) is 17.6. The molecule has 1 atom stereocenters. The van der Waals surface area contributed by atoms with Crippen molar-refractivity contribution in [1.82, 2.24) is 29.2 Å². The van der Waals surface area contributed by atoms with Gasteiger partial charge in [-0.05, 0) is 23.8 Å². The fraction of sp³-hybridized carbons (Fsp3) is 0.385. The molecule has 186 valence electrons. The summed E-state index contributed by atoms with van der Waals surface area (Å²) in [5.41, 5.74) is 4.23. The number of carbonyl (C=O) groups excluding carboxylic acids is 1. The van der Waals surface area contributed by atoms with Crippen molar-refractivity contribution in [2.24, 2.45) is 7.05 Å². The Hall–Kier alpha value is -3.76. The quantitative estimate of drug-likeness (QED) is 0.411. The van der Waals surface area contributed by atoms with Gasteiger partial charge in [-0.2, -0.15) is 10.1 Å². The molecule has 2 aliphatic rings. The van der Waals surface area contributed by atoms with Crippen LogP contribution in [0.4, 0.5) is 0 Å². The second-order valence-corrected chi connectivity index (χ2v) is 9.12. The van der Waals surface area contributed by atoms with Crippen LogP contribution in [0.1, 0.15) is 28.2 Å². The molecule has 0 bridgehead atoms. The molecule has 0 unspecified atom stereocenters. The molecule has 0 spiro atoms. The average molecular weight is 489 g/mol. The van der Waals surface area contributed by atoms with Crippen LogP contribution < -0.4 is 4.74 Å². The predicted molar refractivity (Wildman–Crippen MR) is 131 cm³/mol. The number of aromatic nitrogens is 5. The minimum Gasteiger partial charge on any atom is -0.470 e. The minimum absolute atomic E-state index is 0.0359. The monoisotopic (exact) mass is 488 g/mol. The van der Waals surface area contributed by atoms with Crippen LogP contribution in [-0.4, -0.2) is 80.7 Å². The Morgan fingerprint density at radius 3 is 2.64 bits per heavy atom. The number of morpholine rings is 1. The first-order valence-electron chi connectivity index (χ1n) is 12.2. The third kappa shape index (κ3) is 4.57. The Bertz CT molecular complexity index is 1370. The Kier molecular flexibility index (Phi) is 6.12. The number of hydrogen-bond donors (Lipinski definition) is 0. The van der Waals surface area contributed by atoms with Crippen LogP contribution in [0.3, 0.4) is 0 Å². The number of amides is 1. The number of fused-ring (bicyclic) bond motifs is 1. The van der Waals surface area contributed by atoms with E-state index in [1.165, 1.54) is 0 Å². The second-order valence-electron chi connectivity index (χ2n) is 9.12. The smallest absolute Gasteiger partial charge is 0.254 e. The van der Waals surface area contributed by atoms with Gasteiger partial charge in [-0.1, -0.05) is 12.1 Å². The van der Waals surface area contributed by atoms with Gasteiger partial charge in [0.1, 0.15) is 17.4 Å². The summed E-state index contributed by atoms with van der Waals surface area (Å²) >= 11 is 0. The van der Waals surface area contributed by atoms with Crippen molar-refractivity contribution < 1.29 is 19.0 Å². The van der Waals surface area contributed by atoms with E-state index in [2.05, 4.69) is 5.10 Å². The molecular weight excluding hydrogens is 460 g/mol. The highest BCUT2D eigenvalue weighted by molar-refractivity contribution is 5.94. The highest BCUT2D eigenvalue weighted by atomic mass is 16.5. The molecule has 0 radical (unpaired) electrons. The van der Waals surface area contributed by atoms with Crippen molar-refractivity contribution in [3.63, 3.8) is 0 Å². The molecule has 5 heterocycles. The Balaban J connectivity index is 1.28. The first-order valence-corrected chi connectivity index (χ1v) is 12.2. The summed E-state index contributed by atoms with van der Waals surface area (Å²) in [6.07, 6.45) is 7.01. The molecule has 0 aliphatic carbocycles. The van der Waals surface area contributed by atoms with E-state index in [0.29, 0.717) is 63.2 Å². The van der Waals surface area contributed by atoms with E-state index >= 15 is 0 Å². The molecule has 3 aromatic heterocycles. The van der Waals surface area contributed by atoms with Gasteiger partial charge in [-0.3, -0.25) is 9.48 Å². The summed E-state index contributed by atoms with van der Waals surface area (Å²) in [7, 11) is 1.89. The van der Waals surface area contributed by atoms with Crippen molar-refractivity contribution in [3.05, 3.63) is 65.9 Å². The SMILES string of the molecule is Cn1cc(-n2ccc3nc(Cc4ccc(C(=O)N5CCOCC5)cc4)nc(O[C@H]4CCOC4)c32)cn1. The highest BCUT2D eigenvalue weighted by Gasteiger charge is 2.23. The van der Waals surface area contributed by atoms with Crippen molar-refractivity contribution in [3.8, 4) is 11.6 Å². The van der Waals surface area contributed by atoms with Gasteiger partial charge in [0, 0.05) is 50.9 Å². The zero-order chi connectivity index (χ0) is 24.5. The van der Waals surface area contributed by atoms with E-state index in [-0.39, 0.29) is 12.0 Å². The van der Waals surface area contributed by atoms with E-state index in [0.717, 1.165) is 28.7 Å². The average Bonchev–Trinajstić information content (AvgIpc) is 3.66. The van der Waals surface area contributed by atoms with Crippen LogP contribution in [0.2, 0.25) is 0 Å². The molecule has 2 saturated heterocycles. The summed E-state index contributed by atoms with van der Waals surface area (Å²) < 4.78 is 21.0. The fourth-order valence-corrected chi connectivity index (χ4v) is 4.63. The zero-order valence-electron chi connectivity index (χ0n) is 20.2. The summed E-state index contributed by atoms with van der Waals surface area (Å²) in [6.45, 7) is 3.66. The molecule has 2 fully saturated rings. The fourth-order valence-electron chi connectivity index (χ4n) is 4.63. The molecule has 36 heavy (non-hydrogen) atoms. The van der Waals surface area contributed by atoms with Crippen molar-refractivity contribution >= 4 is 16.9 Å². The molecule has 10 heteroatoms. The lowest BCUT2D eigenvalue weighted by molar-refractivity contribution is 0.0303. The minimum atomic E-state index is -0.0429. The van der Waals surface area contributed by atoms with Crippen molar-refractivity contribution in [2.75, 3.05) is 39.5 Å². The molecule has 0 saturated carbocycles. The topological polar surface area (TPSA) is 96.5 Å². The second kappa shape index (κ2) is 9.71. The van der Waals surface area contributed by atoms with Crippen LogP contribution in [0.15, 0.2) is 48.9 Å². The van der Waals surface area contributed by atoms with E-state index in [1.807, 2.05) is 59.2 Å². The molecule has 6 rings (SSSR count). The first kappa shape index (κ1) is 22.7. The van der Waals surface area contributed by atoms with E-state index < -0.39 is 0 Å². The van der Waals surface area contributed by atoms with Crippen LogP contribution in [0.5, 0.6) is 5.88 Å². The van der Waals surface area contributed by atoms with Gasteiger partial charge in [0.15, 0.2) is 0 Å². The Morgan fingerprint density at radius 1 is 1.08 bits per heavy atom. The van der Waals surface area contributed by atoms with Crippen molar-refractivity contribution in [1.29, 1.82) is 0 Å². The third-order valence-corrected chi connectivity index (χ3v) is 6.54. The number of ether oxygens (including phenoxy) is 3. The largest absolute Gasteiger partial charge is 0.470 e. The van der Waals surface area contributed by atoms with Crippen LogP contribution in [-0.2, 0) is 22.9 Å². The maximum Gasteiger partial charge on any atom is 0.254 e. The Morgan fingerprint density at radius 2 is 1.92 bits per heavy atom. The number of carbonyl (C=O) groups is 1. The van der Waals surface area contributed by atoms with E-state index in [9.17, 15) is 4.79 Å². The Labute approximate surface area is 208 Å². The van der Waals surface area contributed by atoms with Gasteiger partial charge in [-0.25, -0.2) is 4.98 Å². The number of rotatable bonds is 6. The highest BCUT2D eigenvalue weighted by Crippen LogP contribution is 2.29. The maximum absolute atomic E-state index is 12.8. The standard InChI is InChI=1S/C26H28N6O4/c1-30-16-20(15-27-30)32-8-6-22-24(32)25(36-21-7-11-35-17-21)29-23(28-22)14-18-2-4-19(5-3-18)26(33)31-9-12-34-13-10-31/h2-6,8,15-16,21H,7,9-14,17H2,1H3/t21-/m0/s1. The third-order valence-electron chi connectivity index (χ3n) is 6.54. The van der Waals surface area contributed by atoms with Gasteiger partial charge in [0.25, 0.3) is 5.91 Å². The zero-order valence-corrected chi connectivity index (χ0v) is 20.2. The van der Waals surface area contributed by atoms with Crippen LogP contribution in [0, 0.1) is 0 Å². The van der Waals surface area contributed by atoms with Crippen LogP contribution in [0.25, 0.3) is 16.7 Å². The van der Waals surface area contributed by atoms with Crippen molar-refractivity contribution in [2.45, 2.75) is 18.9 Å². The number of aryl methyl sites for hydroxylation is 1. The molecule has 0 N–H and O–H groups in total. The van der Waals surface area contributed by atoms with Gasteiger partial charge in [0.05, 0.1) is 43.8 Å². The molecule has 1 aromatic carbocycles. The number of nitrogens with zero attached hydrogens (tertiary/aromatic N) is 6. The van der Waals surface area contributed by atoms with Gasteiger partial charge in [-0.15, -0.1) is 0 Å². The predicted octanol–water partition coefficient (Wildman–Crippen LogP) is 2.38. The summed E-state index contributed by atoms with van der Waals surface area (Å²) in [4.78, 5) is 24.2. The summed E-state index contributed by atoms with van der Waals surface area (Å²) in [5.74, 6) is 1.24. The molecule has 1 amide bonds. The summed E-state index contributed by atoms with van der Waals surface area (Å²) in [6, 6.07) is 9.64. The lowest BCUT2D eigenvalue weighted by atomic mass is 10.1. The number of benzene rings is 1. The van der Waals surface area contributed by atoms with Gasteiger partial charge >= 0.3 is 0 Å². The maximum atomic E-state index is 12.8. The van der Waals surface area contributed by atoms with Gasteiger partial charge in [0.2, 0.25) is 5.88 Å². The molecule has 2 aliphatic heterocycles. The van der Waals surface area contributed by atoms with Crippen LogP contribution >= 0.6 is 0 Å².